The van der Waals surface area contributed by atoms with E-state index in [9.17, 15) is 5.11 Å². The summed E-state index contributed by atoms with van der Waals surface area (Å²) < 4.78 is 0. The highest BCUT2D eigenvalue weighted by molar-refractivity contribution is 6.30. The van der Waals surface area contributed by atoms with Gasteiger partial charge in [0.25, 0.3) is 0 Å². The second-order valence-corrected chi connectivity index (χ2v) is 6.64. The molecule has 0 bridgehead atoms. The molecule has 1 aliphatic heterocycles. The van der Waals surface area contributed by atoms with E-state index in [-0.39, 0.29) is 6.10 Å². The van der Waals surface area contributed by atoms with E-state index in [1.165, 1.54) is 24.1 Å². The fraction of sp³-hybridized carbons (Fsp3) is 0.625. The maximum Gasteiger partial charge on any atom is 0.0599 e. The Balaban J connectivity index is 1.77. The SMILES string of the molecule is CC1CN(c2cc(Cl)ccc2CNC2CC2)CCC1O. The zero-order valence-corrected chi connectivity index (χ0v) is 12.7. The lowest BCUT2D eigenvalue weighted by molar-refractivity contribution is 0.0970. The summed E-state index contributed by atoms with van der Waals surface area (Å²) in [6, 6.07) is 6.87. The Morgan fingerprint density at radius 3 is 2.85 bits per heavy atom. The summed E-state index contributed by atoms with van der Waals surface area (Å²) >= 11 is 6.18. The van der Waals surface area contributed by atoms with Gasteiger partial charge >= 0.3 is 0 Å². The number of hydrogen-bond acceptors (Lipinski definition) is 3. The lowest BCUT2D eigenvalue weighted by atomic mass is 9.95. The number of aliphatic hydroxyl groups is 1. The van der Waals surface area contributed by atoms with Crippen LogP contribution in [0.1, 0.15) is 31.7 Å². The third-order valence-electron chi connectivity index (χ3n) is 4.41. The van der Waals surface area contributed by atoms with Crippen LogP contribution in [0.5, 0.6) is 0 Å². The predicted octanol–water partition coefficient (Wildman–Crippen LogP) is 2.80. The van der Waals surface area contributed by atoms with Crippen molar-refractivity contribution in [1.29, 1.82) is 0 Å². The van der Waals surface area contributed by atoms with Crippen LogP contribution in [0.25, 0.3) is 0 Å². The Bertz CT molecular complexity index is 476. The van der Waals surface area contributed by atoms with Crippen LogP contribution >= 0.6 is 11.6 Å². The number of benzene rings is 1. The minimum absolute atomic E-state index is 0.168. The lowest BCUT2D eigenvalue weighted by Crippen LogP contribution is -2.42. The van der Waals surface area contributed by atoms with Crippen LogP contribution in [-0.4, -0.2) is 30.3 Å². The average Bonchev–Trinajstić information content (AvgIpc) is 3.24. The molecule has 2 fully saturated rings. The topological polar surface area (TPSA) is 35.5 Å². The fourth-order valence-electron chi connectivity index (χ4n) is 2.87. The Labute approximate surface area is 125 Å². The molecule has 0 amide bonds. The number of anilines is 1. The molecule has 1 aromatic rings. The van der Waals surface area contributed by atoms with Gasteiger partial charge in [-0.15, -0.1) is 0 Å². The Kier molecular flexibility index (Phi) is 4.20. The summed E-state index contributed by atoms with van der Waals surface area (Å²) in [7, 11) is 0. The molecule has 4 heteroatoms. The second-order valence-electron chi connectivity index (χ2n) is 6.21. The van der Waals surface area contributed by atoms with Gasteiger partial charge in [-0.25, -0.2) is 0 Å². The lowest BCUT2D eigenvalue weighted by Gasteiger charge is -2.37. The van der Waals surface area contributed by atoms with Gasteiger partial charge in [0, 0.05) is 36.4 Å². The molecule has 2 unspecified atom stereocenters. The summed E-state index contributed by atoms with van der Waals surface area (Å²) in [6.07, 6.45) is 3.27. The molecule has 0 radical (unpaired) electrons. The fourth-order valence-corrected chi connectivity index (χ4v) is 3.04. The van der Waals surface area contributed by atoms with E-state index < -0.39 is 0 Å². The number of piperidine rings is 1. The molecular formula is C16H23ClN2O. The second kappa shape index (κ2) is 5.92. The van der Waals surface area contributed by atoms with E-state index >= 15 is 0 Å². The minimum atomic E-state index is -0.168. The van der Waals surface area contributed by atoms with Crippen LogP contribution in [0, 0.1) is 5.92 Å². The molecule has 1 heterocycles. The molecule has 1 aromatic carbocycles. The quantitative estimate of drug-likeness (QED) is 0.896. The van der Waals surface area contributed by atoms with Crippen LogP contribution < -0.4 is 10.2 Å². The highest BCUT2D eigenvalue weighted by Crippen LogP contribution is 2.30. The van der Waals surface area contributed by atoms with Crippen molar-refractivity contribution < 1.29 is 5.11 Å². The summed E-state index contributed by atoms with van der Waals surface area (Å²) in [5.74, 6) is 0.312. The van der Waals surface area contributed by atoms with Crippen molar-refractivity contribution in [1.82, 2.24) is 5.32 Å². The normalized spacial score (nSPS) is 26.9. The van der Waals surface area contributed by atoms with Gasteiger partial charge in [-0.1, -0.05) is 24.6 Å². The van der Waals surface area contributed by atoms with Gasteiger partial charge in [-0.05, 0) is 42.9 Å². The van der Waals surface area contributed by atoms with E-state index in [0.29, 0.717) is 12.0 Å². The molecule has 1 saturated heterocycles. The van der Waals surface area contributed by atoms with Crippen molar-refractivity contribution in [2.24, 2.45) is 5.92 Å². The zero-order valence-electron chi connectivity index (χ0n) is 12.0. The van der Waals surface area contributed by atoms with Crippen molar-refractivity contribution >= 4 is 17.3 Å². The van der Waals surface area contributed by atoms with Gasteiger partial charge < -0.3 is 15.3 Å². The molecule has 3 nitrogen and oxygen atoms in total. The van der Waals surface area contributed by atoms with E-state index in [0.717, 1.165) is 31.1 Å². The Morgan fingerprint density at radius 1 is 1.35 bits per heavy atom. The van der Waals surface area contributed by atoms with Gasteiger partial charge in [-0.2, -0.15) is 0 Å². The molecule has 0 aromatic heterocycles. The molecule has 3 rings (SSSR count). The van der Waals surface area contributed by atoms with Crippen LogP contribution in [-0.2, 0) is 6.54 Å². The zero-order chi connectivity index (χ0) is 14.1. The van der Waals surface area contributed by atoms with E-state index in [2.05, 4.69) is 29.3 Å². The van der Waals surface area contributed by atoms with Gasteiger partial charge in [0.1, 0.15) is 0 Å². The van der Waals surface area contributed by atoms with E-state index in [1.54, 1.807) is 0 Å². The van der Waals surface area contributed by atoms with Gasteiger partial charge in [0.2, 0.25) is 0 Å². The third-order valence-corrected chi connectivity index (χ3v) is 4.64. The highest BCUT2D eigenvalue weighted by atomic mass is 35.5. The van der Waals surface area contributed by atoms with Crippen molar-refractivity contribution in [3.8, 4) is 0 Å². The first-order valence-corrected chi connectivity index (χ1v) is 7.96. The first-order chi connectivity index (χ1) is 9.63. The number of hydrogen-bond donors (Lipinski definition) is 2. The smallest absolute Gasteiger partial charge is 0.0599 e. The number of aliphatic hydroxyl groups excluding tert-OH is 1. The largest absolute Gasteiger partial charge is 0.393 e. The maximum absolute atomic E-state index is 9.89. The minimum Gasteiger partial charge on any atom is -0.393 e. The molecule has 0 spiro atoms. The predicted molar refractivity (Wildman–Crippen MR) is 83.3 cm³/mol. The third kappa shape index (κ3) is 3.27. The molecule has 1 saturated carbocycles. The van der Waals surface area contributed by atoms with E-state index in [4.69, 9.17) is 11.6 Å². The number of nitrogens with one attached hydrogen (secondary N) is 1. The van der Waals surface area contributed by atoms with Gasteiger partial charge in [-0.3, -0.25) is 0 Å². The average molecular weight is 295 g/mol. The van der Waals surface area contributed by atoms with E-state index in [1.807, 2.05) is 6.07 Å². The molecule has 1 aliphatic carbocycles. The first kappa shape index (κ1) is 14.2. The molecule has 2 atom stereocenters. The summed E-state index contributed by atoms with van der Waals surface area (Å²) in [5, 5.41) is 14.2. The first-order valence-electron chi connectivity index (χ1n) is 7.58. The molecule has 20 heavy (non-hydrogen) atoms. The highest BCUT2D eigenvalue weighted by Gasteiger charge is 2.26. The Hall–Kier alpha value is -0.770. The van der Waals surface area contributed by atoms with Crippen molar-refractivity contribution in [3.05, 3.63) is 28.8 Å². The molecule has 110 valence electrons. The molecular weight excluding hydrogens is 272 g/mol. The van der Waals surface area contributed by atoms with Crippen molar-refractivity contribution in [3.63, 3.8) is 0 Å². The maximum atomic E-state index is 9.89. The number of rotatable bonds is 4. The van der Waals surface area contributed by atoms with Crippen molar-refractivity contribution in [2.45, 2.75) is 44.9 Å². The summed E-state index contributed by atoms with van der Waals surface area (Å²) in [5.41, 5.74) is 2.54. The summed E-state index contributed by atoms with van der Waals surface area (Å²) in [4.78, 5) is 2.37. The van der Waals surface area contributed by atoms with Gasteiger partial charge in [0.05, 0.1) is 6.10 Å². The summed E-state index contributed by atoms with van der Waals surface area (Å²) in [6.45, 7) is 4.83. The van der Waals surface area contributed by atoms with Crippen LogP contribution in [0.3, 0.4) is 0 Å². The molecule has 2 aliphatic rings. The van der Waals surface area contributed by atoms with Crippen LogP contribution in [0.4, 0.5) is 5.69 Å². The van der Waals surface area contributed by atoms with Crippen molar-refractivity contribution in [2.75, 3.05) is 18.0 Å². The monoisotopic (exact) mass is 294 g/mol. The number of nitrogens with zero attached hydrogens (tertiary/aromatic N) is 1. The van der Waals surface area contributed by atoms with Gasteiger partial charge in [0.15, 0.2) is 0 Å². The number of halogens is 1. The van der Waals surface area contributed by atoms with Crippen LogP contribution in [0.2, 0.25) is 5.02 Å². The van der Waals surface area contributed by atoms with Crippen LogP contribution in [0.15, 0.2) is 18.2 Å². The standard InChI is InChI=1S/C16H23ClN2O/c1-11-10-19(7-6-16(11)20)15-8-13(17)3-2-12(15)9-18-14-4-5-14/h2-3,8,11,14,16,18,20H,4-7,9-10H2,1H3. The Morgan fingerprint density at radius 2 is 2.15 bits per heavy atom. The molecule has 2 N–H and O–H groups in total.